The lowest BCUT2D eigenvalue weighted by molar-refractivity contribution is -0.0413. The number of nitrogens with zero attached hydrogens (tertiary/aromatic N) is 4. The van der Waals surface area contributed by atoms with Gasteiger partial charge in [0.25, 0.3) is 11.5 Å². The molecule has 2 fully saturated rings. The summed E-state index contributed by atoms with van der Waals surface area (Å²) >= 11 is 7.70. The molecule has 7 rings (SSSR count). The zero-order valence-electron chi connectivity index (χ0n) is 25.0. The topological polar surface area (TPSA) is 97.6 Å². The fourth-order valence-corrected chi connectivity index (χ4v) is 8.68. The Kier molecular flexibility index (Phi) is 7.69. The van der Waals surface area contributed by atoms with Gasteiger partial charge in [-0.1, -0.05) is 11.6 Å². The SMILES string of the molecule is Cc1cc(-c2cc(Cl)ccc2OCCn2c(C)nc3c(c2=O)C[C@H](N2C[C@@H]4CCC(F)(F)[C@@H]4C2)CC3)c2scc(C(=O)O)c2n1. The smallest absolute Gasteiger partial charge is 0.338 e. The number of hydrogen-bond donors (Lipinski definition) is 1. The van der Waals surface area contributed by atoms with E-state index in [1.807, 2.05) is 19.9 Å². The lowest BCUT2D eigenvalue weighted by Crippen LogP contribution is -2.43. The Balaban J connectivity index is 1.11. The summed E-state index contributed by atoms with van der Waals surface area (Å²) in [7, 11) is 0. The number of pyridine rings is 1. The van der Waals surface area contributed by atoms with Crippen molar-refractivity contribution in [3.8, 4) is 16.9 Å². The molecule has 1 aromatic carbocycles. The maximum Gasteiger partial charge on any atom is 0.338 e. The van der Waals surface area contributed by atoms with E-state index in [2.05, 4.69) is 9.88 Å². The number of benzene rings is 1. The second-order valence-electron chi connectivity index (χ2n) is 12.5. The predicted octanol–water partition coefficient (Wildman–Crippen LogP) is 6.40. The maximum atomic E-state index is 14.4. The number of likely N-dealkylation sites (tertiary alicyclic amines) is 1. The number of rotatable bonds is 7. The molecule has 0 spiro atoms. The molecule has 45 heavy (non-hydrogen) atoms. The van der Waals surface area contributed by atoms with Gasteiger partial charge in [-0.25, -0.2) is 18.6 Å². The number of carboxylic acids is 1. The van der Waals surface area contributed by atoms with Crippen LogP contribution in [0.5, 0.6) is 5.75 Å². The summed E-state index contributed by atoms with van der Waals surface area (Å²) in [6.45, 7) is 5.15. The molecule has 1 aliphatic heterocycles. The quantitative estimate of drug-likeness (QED) is 0.246. The van der Waals surface area contributed by atoms with Gasteiger partial charge >= 0.3 is 5.97 Å². The van der Waals surface area contributed by atoms with Crippen molar-refractivity contribution in [3.05, 3.63) is 73.4 Å². The second kappa shape index (κ2) is 11.4. The Bertz CT molecular complexity index is 1890. The molecule has 4 heterocycles. The highest BCUT2D eigenvalue weighted by Crippen LogP contribution is 2.49. The van der Waals surface area contributed by atoms with Crippen LogP contribution >= 0.6 is 22.9 Å². The molecular weight excluding hydrogens is 622 g/mol. The fourth-order valence-electron chi connectivity index (χ4n) is 7.50. The number of aromatic nitrogens is 3. The van der Waals surface area contributed by atoms with Crippen molar-refractivity contribution in [3.63, 3.8) is 0 Å². The zero-order chi connectivity index (χ0) is 31.6. The van der Waals surface area contributed by atoms with Crippen molar-refractivity contribution >= 4 is 39.1 Å². The van der Waals surface area contributed by atoms with Gasteiger partial charge in [-0.2, -0.15) is 0 Å². The highest BCUT2D eigenvalue weighted by molar-refractivity contribution is 7.18. The summed E-state index contributed by atoms with van der Waals surface area (Å²) < 4.78 is 37.4. The molecule has 1 saturated carbocycles. The normalized spacial score (nSPS) is 22.5. The van der Waals surface area contributed by atoms with Crippen LogP contribution in [0.3, 0.4) is 0 Å². The van der Waals surface area contributed by atoms with E-state index in [0.717, 1.165) is 22.4 Å². The molecule has 4 aromatic rings. The van der Waals surface area contributed by atoms with Crippen LogP contribution in [0, 0.1) is 25.7 Å². The van der Waals surface area contributed by atoms with Crippen LogP contribution in [0.15, 0.2) is 34.4 Å². The number of carboxylic acid groups (broad SMARTS) is 1. The average Bonchev–Trinajstić information content (AvgIpc) is 3.70. The van der Waals surface area contributed by atoms with Crippen LogP contribution in [0.2, 0.25) is 5.02 Å². The van der Waals surface area contributed by atoms with E-state index in [9.17, 15) is 23.5 Å². The van der Waals surface area contributed by atoms with E-state index in [4.69, 9.17) is 21.3 Å². The van der Waals surface area contributed by atoms with Gasteiger partial charge in [0.1, 0.15) is 18.2 Å². The molecule has 3 atom stereocenters. The van der Waals surface area contributed by atoms with Gasteiger partial charge in [0.15, 0.2) is 0 Å². The first-order valence-electron chi connectivity index (χ1n) is 15.3. The van der Waals surface area contributed by atoms with E-state index in [-0.39, 0.29) is 42.7 Å². The van der Waals surface area contributed by atoms with Crippen molar-refractivity contribution in [1.82, 2.24) is 19.4 Å². The number of hydrogen-bond acceptors (Lipinski definition) is 7. The van der Waals surface area contributed by atoms with Crippen molar-refractivity contribution in [2.75, 3.05) is 19.7 Å². The first kappa shape index (κ1) is 30.3. The minimum Gasteiger partial charge on any atom is -0.491 e. The van der Waals surface area contributed by atoms with Gasteiger partial charge in [0, 0.05) is 64.3 Å². The third-order valence-electron chi connectivity index (χ3n) is 9.76. The Hall–Kier alpha value is -3.41. The van der Waals surface area contributed by atoms with Crippen LogP contribution in [0.4, 0.5) is 8.78 Å². The summed E-state index contributed by atoms with van der Waals surface area (Å²) in [5.41, 5.74) is 4.08. The van der Waals surface area contributed by atoms with Crippen molar-refractivity contribution in [2.24, 2.45) is 11.8 Å². The molecule has 3 aliphatic rings. The minimum absolute atomic E-state index is 0.0105. The number of alkyl halides is 2. The number of aryl methyl sites for hydroxylation is 3. The van der Waals surface area contributed by atoms with E-state index in [1.54, 1.807) is 28.1 Å². The van der Waals surface area contributed by atoms with E-state index in [1.165, 1.54) is 11.3 Å². The van der Waals surface area contributed by atoms with Gasteiger partial charge in [-0.3, -0.25) is 19.2 Å². The van der Waals surface area contributed by atoms with Crippen LogP contribution in [-0.4, -0.2) is 62.2 Å². The predicted molar refractivity (Wildman–Crippen MR) is 169 cm³/mol. The fraction of sp³-hybridized carbons (Fsp3) is 0.455. The molecule has 8 nitrogen and oxygen atoms in total. The summed E-state index contributed by atoms with van der Waals surface area (Å²) in [5, 5.41) is 11.7. The molecule has 12 heteroatoms. The van der Waals surface area contributed by atoms with E-state index < -0.39 is 17.8 Å². The first-order chi connectivity index (χ1) is 21.5. The molecule has 1 N–H and O–H groups in total. The molecule has 3 aromatic heterocycles. The summed E-state index contributed by atoms with van der Waals surface area (Å²) in [4.78, 5) is 37.0. The maximum absolute atomic E-state index is 14.4. The molecule has 1 saturated heterocycles. The largest absolute Gasteiger partial charge is 0.491 e. The number of halogens is 3. The van der Waals surface area contributed by atoms with Crippen molar-refractivity contribution in [2.45, 2.75) is 64.5 Å². The van der Waals surface area contributed by atoms with Crippen LogP contribution in [0.1, 0.15) is 52.4 Å². The second-order valence-corrected chi connectivity index (χ2v) is 13.8. The Morgan fingerprint density at radius 1 is 1.18 bits per heavy atom. The van der Waals surface area contributed by atoms with Crippen molar-refractivity contribution in [1.29, 1.82) is 0 Å². The van der Waals surface area contributed by atoms with E-state index >= 15 is 0 Å². The number of aromatic carboxylic acids is 1. The third-order valence-corrected chi connectivity index (χ3v) is 11.0. The Labute approximate surface area is 267 Å². The Morgan fingerprint density at radius 3 is 2.78 bits per heavy atom. The molecule has 0 unspecified atom stereocenters. The average molecular weight is 655 g/mol. The lowest BCUT2D eigenvalue weighted by atomic mass is 9.91. The standard InChI is InChI=1S/C33H33ClF2N4O4S/c1-17-11-23(30-29(37-17)25(16-45-30)32(42)43)22-12-20(34)3-6-28(22)44-10-9-40-18(2)38-27-5-4-21(13-24(27)31(40)41)39-14-19-7-8-33(35,36)26(19)15-39/h3,6,11-12,16,19,21,26H,4-5,7-10,13-15H2,1-2H3,(H,42,43)/t19-,21+,26+/m0/s1. The van der Waals surface area contributed by atoms with Crippen LogP contribution in [0.25, 0.3) is 21.3 Å². The summed E-state index contributed by atoms with van der Waals surface area (Å²) in [6.07, 6.45) is 2.56. The number of carbonyl (C=O) groups is 1. The zero-order valence-corrected chi connectivity index (χ0v) is 26.6. The highest BCUT2D eigenvalue weighted by Gasteiger charge is 2.54. The first-order valence-corrected chi connectivity index (χ1v) is 16.5. The summed E-state index contributed by atoms with van der Waals surface area (Å²) in [6, 6.07) is 7.23. The van der Waals surface area contributed by atoms with E-state index in [0.29, 0.717) is 71.3 Å². The van der Waals surface area contributed by atoms with Crippen LogP contribution < -0.4 is 10.3 Å². The molecule has 236 valence electrons. The molecule has 0 amide bonds. The van der Waals surface area contributed by atoms with Gasteiger partial charge in [-0.15, -0.1) is 11.3 Å². The van der Waals surface area contributed by atoms with Gasteiger partial charge in [0.2, 0.25) is 0 Å². The molecule has 0 radical (unpaired) electrons. The van der Waals surface area contributed by atoms with Gasteiger partial charge in [0.05, 0.1) is 28.0 Å². The highest BCUT2D eigenvalue weighted by atomic mass is 35.5. The number of ether oxygens (including phenoxy) is 1. The lowest BCUT2D eigenvalue weighted by Gasteiger charge is -2.33. The number of thiophene rings is 1. The molecular formula is C33H33ClF2N4O4S. The monoisotopic (exact) mass is 654 g/mol. The van der Waals surface area contributed by atoms with Gasteiger partial charge in [-0.05, 0) is 69.7 Å². The molecule has 2 aliphatic carbocycles. The van der Waals surface area contributed by atoms with Gasteiger partial charge < -0.3 is 9.84 Å². The Morgan fingerprint density at radius 2 is 2.00 bits per heavy atom. The summed E-state index contributed by atoms with van der Waals surface area (Å²) in [5.74, 6) is -3.01. The molecule has 0 bridgehead atoms. The van der Waals surface area contributed by atoms with Crippen LogP contribution in [-0.2, 0) is 19.4 Å². The number of fused-ring (bicyclic) bond motifs is 3. The minimum atomic E-state index is -2.59. The third kappa shape index (κ3) is 5.42. The van der Waals surface area contributed by atoms with Crippen molar-refractivity contribution < 1.29 is 23.4 Å².